The SMILES string of the molecule is C/C(=N/NC(=O)C1C(=O)NCC1c1ccccc1)c1ccc(Cl)s1. The summed E-state index contributed by atoms with van der Waals surface area (Å²) < 4.78 is 0.658. The summed E-state index contributed by atoms with van der Waals surface area (Å²) in [7, 11) is 0. The number of hydrogen-bond acceptors (Lipinski definition) is 4. The summed E-state index contributed by atoms with van der Waals surface area (Å²) in [4.78, 5) is 25.4. The van der Waals surface area contributed by atoms with Gasteiger partial charge in [-0.1, -0.05) is 41.9 Å². The van der Waals surface area contributed by atoms with Crippen LogP contribution in [0.1, 0.15) is 23.3 Å². The van der Waals surface area contributed by atoms with Crippen molar-refractivity contribution in [2.75, 3.05) is 6.54 Å². The van der Waals surface area contributed by atoms with Crippen molar-refractivity contribution in [1.29, 1.82) is 0 Å². The van der Waals surface area contributed by atoms with Gasteiger partial charge in [-0.25, -0.2) is 5.43 Å². The molecule has 1 aliphatic rings. The Balaban J connectivity index is 1.74. The van der Waals surface area contributed by atoms with Crippen molar-refractivity contribution in [2.45, 2.75) is 12.8 Å². The molecule has 124 valence electrons. The maximum atomic E-state index is 12.5. The molecular formula is C17H16ClN3O2S. The molecule has 2 amide bonds. The molecule has 2 atom stereocenters. The van der Waals surface area contributed by atoms with Crippen LogP contribution < -0.4 is 10.7 Å². The first kappa shape index (κ1) is 16.7. The number of nitrogens with zero attached hydrogens (tertiary/aromatic N) is 1. The Hall–Kier alpha value is -2.18. The first-order chi connectivity index (χ1) is 11.6. The van der Waals surface area contributed by atoms with Gasteiger partial charge < -0.3 is 5.32 Å². The molecular weight excluding hydrogens is 346 g/mol. The van der Waals surface area contributed by atoms with E-state index in [0.717, 1.165) is 10.4 Å². The molecule has 0 spiro atoms. The van der Waals surface area contributed by atoms with E-state index in [1.807, 2.05) is 36.4 Å². The lowest BCUT2D eigenvalue weighted by Gasteiger charge is -2.15. The van der Waals surface area contributed by atoms with E-state index in [1.165, 1.54) is 11.3 Å². The van der Waals surface area contributed by atoms with Crippen LogP contribution in [-0.4, -0.2) is 24.1 Å². The molecule has 1 aromatic carbocycles. The summed E-state index contributed by atoms with van der Waals surface area (Å²) in [5.74, 6) is -1.64. The van der Waals surface area contributed by atoms with E-state index in [9.17, 15) is 9.59 Å². The minimum atomic E-state index is -0.782. The van der Waals surface area contributed by atoms with Gasteiger partial charge >= 0.3 is 0 Å². The first-order valence-electron chi connectivity index (χ1n) is 7.49. The predicted octanol–water partition coefficient (Wildman–Crippen LogP) is 2.77. The molecule has 5 nitrogen and oxygen atoms in total. The second-order valence-corrected chi connectivity index (χ2v) is 7.23. The Morgan fingerprint density at radius 1 is 1.29 bits per heavy atom. The molecule has 0 bridgehead atoms. The third kappa shape index (κ3) is 3.49. The zero-order valence-electron chi connectivity index (χ0n) is 13.0. The van der Waals surface area contributed by atoms with Crippen LogP contribution in [0.3, 0.4) is 0 Å². The van der Waals surface area contributed by atoms with Crippen LogP contribution in [0.2, 0.25) is 4.34 Å². The summed E-state index contributed by atoms with van der Waals surface area (Å²) in [6, 6.07) is 13.2. The van der Waals surface area contributed by atoms with Crippen molar-refractivity contribution < 1.29 is 9.59 Å². The Morgan fingerprint density at radius 2 is 2.04 bits per heavy atom. The Kier molecular flexibility index (Phi) is 4.97. The van der Waals surface area contributed by atoms with E-state index in [0.29, 0.717) is 16.6 Å². The molecule has 1 saturated heterocycles. The second-order valence-electron chi connectivity index (χ2n) is 5.52. The normalized spacial score (nSPS) is 20.8. The van der Waals surface area contributed by atoms with Crippen LogP contribution in [0.25, 0.3) is 0 Å². The fraction of sp³-hybridized carbons (Fsp3) is 0.235. The molecule has 1 aliphatic heterocycles. The number of rotatable bonds is 4. The fourth-order valence-electron chi connectivity index (χ4n) is 2.71. The van der Waals surface area contributed by atoms with Crippen molar-refractivity contribution in [3.05, 3.63) is 57.2 Å². The van der Waals surface area contributed by atoms with Gasteiger partial charge in [0.25, 0.3) is 5.91 Å². The predicted molar refractivity (Wildman–Crippen MR) is 95.4 cm³/mol. The Bertz CT molecular complexity index is 788. The molecule has 2 unspecified atom stereocenters. The lowest BCUT2D eigenvalue weighted by Crippen LogP contribution is -2.35. The number of benzene rings is 1. The lowest BCUT2D eigenvalue weighted by atomic mass is 9.88. The monoisotopic (exact) mass is 361 g/mol. The van der Waals surface area contributed by atoms with Gasteiger partial charge in [-0.15, -0.1) is 11.3 Å². The number of thiophene rings is 1. The second kappa shape index (κ2) is 7.15. The number of halogens is 1. The third-order valence-corrected chi connectivity index (χ3v) is 5.29. The van der Waals surface area contributed by atoms with E-state index in [2.05, 4.69) is 15.8 Å². The summed E-state index contributed by atoms with van der Waals surface area (Å²) in [5.41, 5.74) is 4.12. The van der Waals surface area contributed by atoms with Crippen LogP contribution in [0.5, 0.6) is 0 Å². The average molecular weight is 362 g/mol. The molecule has 2 heterocycles. The number of nitrogens with one attached hydrogen (secondary N) is 2. The average Bonchev–Trinajstić information content (AvgIpc) is 3.19. The molecule has 2 N–H and O–H groups in total. The van der Waals surface area contributed by atoms with Crippen molar-refractivity contribution in [3.8, 4) is 0 Å². The maximum Gasteiger partial charge on any atom is 0.253 e. The maximum absolute atomic E-state index is 12.5. The number of hydrogen-bond donors (Lipinski definition) is 2. The van der Waals surface area contributed by atoms with Crippen molar-refractivity contribution >= 4 is 40.5 Å². The van der Waals surface area contributed by atoms with E-state index < -0.39 is 11.8 Å². The highest BCUT2D eigenvalue weighted by Gasteiger charge is 2.40. The van der Waals surface area contributed by atoms with Gasteiger partial charge in [0.05, 0.1) is 14.9 Å². The van der Waals surface area contributed by atoms with Gasteiger partial charge in [-0.3, -0.25) is 9.59 Å². The van der Waals surface area contributed by atoms with Gasteiger partial charge in [0.15, 0.2) is 0 Å². The minimum absolute atomic E-state index is 0.189. The topological polar surface area (TPSA) is 70.6 Å². The quantitative estimate of drug-likeness (QED) is 0.499. The Labute approximate surface area is 148 Å². The molecule has 2 aromatic rings. The zero-order chi connectivity index (χ0) is 17.1. The molecule has 0 aliphatic carbocycles. The number of carbonyl (C=O) groups excluding carboxylic acids is 2. The van der Waals surface area contributed by atoms with Gasteiger partial charge in [-0.2, -0.15) is 5.10 Å². The molecule has 0 saturated carbocycles. The molecule has 1 aromatic heterocycles. The van der Waals surface area contributed by atoms with Crippen molar-refractivity contribution in [2.24, 2.45) is 11.0 Å². The molecule has 1 fully saturated rings. The van der Waals surface area contributed by atoms with E-state index in [1.54, 1.807) is 13.0 Å². The number of hydrazone groups is 1. The summed E-state index contributed by atoms with van der Waals surface area (Å²) in [6.07, 6.45) is 0. The number of amides is 2. The van der Waals surface area contributed by atoms with E-state index >= 15 is 0 Å². The smallest absolute Gasteiger partial charge is 0.253 e. The van der Waals surface area contributed by atoms with E-state index in [4.69, 9.17) is 11.6 Å². The Morgan fingerprint density at radius 3 is 2.71 bits per heavy atom. The highest BCUT2D eigenvalue weighted by molar-refractivity contribution is 7.18. The van der Waals surface area contributed by atoms with E-state index in [-0.39, 0.29) is 11.8 Å². The van der Waals surface area contributed by atoms with Crippen molar-refractivity contribution in [3.63, 3.8) is 0 Å². The zero-order valence-corrected chi connectivity index (χ0v) is 14.5. The summed E-state index contributed by atoms with van der Waals surface area (Å²) >= 11 is 7.28. The summed E-state index contributed by atoms with van der Waals surface area (Å²) in [6.45, 7) is 2.23. The highest BCUT2D eigenvalue weighted by atomic mass is 35.5. The highest BCUT2D eigenvalue weighted by Crippen LogP contribution is 2.29. The minimum Gasteiger partial charge on any atom is -0.355 e. The van der Waals surface area contributed by atoms with Crippen molar-refractivity contribution in [1.82, 2.24) is 10.7 Å². The van der Waals surface area contributed by atoms with Crippen LogP contribution in [0.4, 0.5) is 0 Å². The van der Waals surface area contributed by atoms with Crippen LogP contribution in [-0.2, 0) is 9.59 Å². The fourth-order valence-corrected chi connectivity index (χ4v) is 3.69. The molecule has 3 rings (SSSR count). The van der Waals surface area contributed by atoms with Gasteiger partial charge in [0.2, 0.25) is 5.91 Å². The largest absolute Gasteiger partial charge is 0.355 e. The van der Waals surface area contributed by atoms with Gasteiger partial charge in [-0.05, 0) is 24.6 Å². The lowest BCUT2D eigenvalue weighted by molar-refractivity contribution is -0.133. The molecule has 0 radical (unpaired) electrons. The van der Waals surface area contributed by atoms with Crippen LogP contribution >= 0.6 is 22.9 Å². The third-order valence-electron chi connectivity index (χ3n) is 3.95. The van der Waals surface area contributed by atoms with Crippen LogP contribution in [0.15, 0.2) is 47.6 Å². The summed E-state index contributed by atoms with van der Waals surface area (Å²) in [5, 5.41) is 6.86. The number of carbonyl (C=O) groups is 2. The molecule has 7 heteroatoms. The first-order valence-corrected chi connectivity index (χ1v) is 8.68. The van der Waals surface area contributed by atoms with Gasteiger partial charge in [0.1, 0.15) is 5.92 Å². The standard InChI is InChI=1S/C17H16ClN3O2S/c1-10(13-7-8-14(18)24-13)20-21-17(23)15-12(9-19-16(15)22)11-5-3-2-4-6-11/h2-8,12,15H,9H2,1H3,(H,19,22)(H,21,23)/b20-10-. The van der Waals surface area contributed by atoms with Crippen LogP contribution in [0, 0.1) is 5.92 Å². The molecule has 24 heavy (non-hydrogen) atoms. The van der Waals surface area contributed by atoms with Gasteiger partial charge in [0, 0.05) is 12.5 Å².